The third kappa shape index (κ3) is 1.82. The number of rotatable bonds is 1. The van der Waals surface area contributed by atoms with Crippen molar-refractivity contribution in [3.05, 3.63) is 28.2 Å². The highest BCUT2D eigenvalue weighted by Crippen LogP contribution is 2.27. The second-order valence-electron chi connectivity index (χ2n) is 1.78. The fraction of sp³-hybridized carbons (Fsp3) is 0.143. The first kappa shape index (κ1) is 8.25. The highest BCUT2D eigenvalue weighted by molar-refractivity contribution is 7.98. The Kier molecular flexibility index (Phi) is 2.90. The standard InChI is InChI=1S/C7H6Cl2S/c1-10-7-4-5(8)2-3-6(7)9/h2-4H,1H3. The number of hydrogen-bond acceptors (Lipinski definition) is 1. The first-order chi connectivity index (χ1) is 4.74. The summed E-state index contributed by atoms with van der Waals surface area (Å²) in [6.07, 6.45) is 1.97. The van der Waals surface area contributed by atoms with E-state index in [0.717, 1.165) is 14.9 Å². The minimum absolute atomic E-state index is 0.730. The molecular weight excluding hydrogens is 187 g/mol. The summed E-state index contributed by atoms with van der Waals surface area (Å²) in [4.78, 5) is 1.02. The normalized spacial score (nSPS) is 9.90. The van der Waals surface area contributed by atoms with Crippen LogP contribution in [0.4, 0.5) is 0 Å². The second kappa shape index (κ2) is 3.51. The maximum absolute atomic E-state index is 5.82. The van der Waals surface area contributed by atoms with E-state index in [-0.39, 0.29) is 0 Å². The van der Waals surface area contributed by atoms with Crippen LogP contribution >= 0.6 is 35.0 Å². The maximum Gasteiger partial charge on any atom is 0.0542 e. The van der Waals surface area contributed by atoms with Gasteiger partial charge in [-0.1, -0.05) is 23.2 Å². The summed E-state index contributed by atoms with van der Waals surface area (Å²) in [5, 5.41) is 1.49. The first-order valence-electron chi connectivity index (χ1n) is 2.73. The maximum atomic E-state index is 5.82. The molecule has 0 aliphatic rings. The van der Waals surface area contributed by atoms with E-state index in [0.29, 0.717) is 0 Å². The van der Waals surface area contributed by atoms with Crippen LogP contribution in [0.15, 0.2) is 23.1 Å². The molecule has 1 rings (SSSR count). The molecule has 0 saturated heterocycles. The summed E-state index contributed by atoms with van der Waals surface area (Å²) in [6.45, 7) is 0. The van der Waals surface area contributed by atoms with Crippen molar-refractivity contribution in [2.75, 3.05) is 6.26 Å². The molecule has 1 aromatic rings. The van der Waals surface area contributed by atoms with Gasteiger partial charge in [-0.2, -0.15) is 0 Å². The van der Waals surface area contributed by atoms with Gasteiger partial charge in [-0.05, 0) is 24.5 Å². The molecule has 0 unspecified atom stereocenters. The van der Waals surface area contributed by atoms with Crippen LogP contribution in [0.3, 0.4) is 0 Å². The molecule has 0 amide bonds. The van der Waals surface area contributed by atoms with Gasteiger partial charge in [-0.3, -0.25) is 0 Å². The predicted octanol–water partition coefficient (Wildman–Crippen LogP) is 3.72. The van der Waals surface area contributed by atoms with E-state index in [1.165, 1.54) is 0 Å². The summed E-state index contributed by atoms with van der Waals surface area (Å²) in [5.74, 6) is 0. The topological polar surface area (TPSA) is 0 Å². The molecule has 0 spiro atoms. The van der Waals surface area contributed by atoms with Gasteiger partial charge in [0.05, 0.1) is 5.02 Å². The van der Waals surface area contributed by atoms with E-state index in [1.54, 1.807) is 23.9 Å². The zero-order chi connectivity index (χ0) is 7.56. The average Bonchev–Trinajstić information content (AvgIpc) is 1.94. The van der Waals surface area contributed by atoms with E-state index >= 15 is 0 Å². The lowest BCUT2D eigenvalue weighted by Gasteiger charge is -1.98. The summed E-state index contributed by atoms with van der Waals surface area (Å²) in [7, 11) is 0. The molecule has 0 fully saturated rings. The number of halogens is 2. The molecule has 0 radical (unpaired) electrons. The fourth-order valence-electron chi connectivity index (χ4n) is 0.634. The van der Waals surface area contributed by atoms with Gasteiger partial charge < -0.3 is 0 Å². The van der Waals surface area contributed by atoms with E-state index < -0.39 is 0 Å². The Morgan fingerprint density at radius 3 is 2.50 bits per heavy atom. The van der Waals surface area contributed by atoms with Crippen molar-refractivity contribution in [2.24, 2.45) is 0 Å². The van der Waals surface area contributed by atoms with Crippen LogP contribution < -0.4 is 0 Å². The molecule has 0 bridgehead atoms. The van der Waals surface area contributed by atoms with Crippen molar-refractivity contribution < 1.29 is 0 Å². The van der Waals surface area contributed by atoms with Gasteiger partial charge in [0.2, 0.25) is 0 Å². The lowest BCUT2D eigenvalue weighted by Crippen LogP contribution is -1.71. The van der Waals surface area contributed by atoms with Gasteiger partial charge in [0.15, 0.2) is 0 Å². The van der Waals surface area contributed by atoms with Crippen LogP contribution in [0.1, 0.15) is 0 Å². The Hall–Kier alpha value is 0.150. The molecule has 3 heteroatoms. The molecule has 10 heavy (non-hydrogen) atoms. The molecule has 0 atom stereocenters. The number of benzene rings is 1. The van der Waals surface area contributed by atoms with Gasteiger partial charge in [0.25, 0.3) is 0 Å². The minimum atomic E-state index is 0.730. The van der Waals surface area contributed by atoms with Crippen molar-refractivity contribution in [3.8, 4) is 0 Å². The molecule has 0 saturated carbocycles. The Labute approximate surface area is 74.5 Å². The molecule has 0 nitrogen and oxygen atoms in total. The van der Waals surface area contributed by atoms with E-state index in [1.807, 2.05) is 12.3 Å². The Morgan fingerprint density at radius 1 is 1.30 bits per heavy atom. The van der Waals surface area contributed by atoms with Crippen LogP contribution in [0.2, 0.25) is 10.0 Å². The largest absolute Gasteiger partial charge is 0.128 e. The number of thioether (sulfide) groups is 1. The van der Waals surface area contributed by atoms with Gasteiger partial charge in [-0.25, -0.2) is 0 Å². The van der Waals surface area contributed by atoms with Gasteiger partial charge in [-0.15, -0.1) is 11.8 Å². The SMILES string of the molecule is CSc1cc(Cl)ccc1Cl. The highest BCUT2D eigenvalue weighted by atomic mass is 35.5. The Morgan fingerprint density at radius 2 is 2.00 bits per heavy atom. The fourth-order valence-corrected chi connectivity index (χ4v) is 1.73. The van der Waals surface area contributed by atoms with Crippen molar-refractivity contribution in [1.82, 2.24) is 0 Å². The Balaban J connectivity index is 3.09. The Bertz CT molecular complexity index is 235. The summed E-state index contributed by atoms with van der Waals surface area (Å²) < 4.78 is 0. The van der Waals surface area contributed by atoms with E-state index in [4.69, 9.17) is 23.2 Å². The van der Waals surface area contributed by atoms with Crippen molar-refractivity contribution in [3.63, 3.8) is 0 Å². The molecule has 1 aromatic carbocycles. The molecule has 0 aliphatic heterocycles. The highest BCUT2D eigenvalue weighted by Gasteiger charge is 1.97. The van der Waals surface area contributed by atoms with E-state index in [9.17, 15) is 0 Å². The lowest BCUT2D eigenvalue weighted by molar-refractivity contribution is 1.47. The average molecular weight is 193 g/mol. The van der Waals surface area contributed by atoms with Crippen molar-refractivity contribution >= 4 is 35.0 Å². The van der Waals surface area contributed by atoms with Crippen LogP contribution in [0.25, 0.3) is 0 Å². The molecule has 54 valence electrons. The van der Waals surface area contributed by atoms with Gasteiger partial charge in [0, 0.05) is 9.92 Å². The predicted molar refractivity (Wildman–Crippen MR) is 48.2 cm³/mol. The lowest BCUT2D eigenvalue weighted by atomic mass is 10.4. The van der Waals surface area contributed by atoms with Crippen LogP contribution in [0.5, 0.6) is 0 Å². The minimum Gasteiger partial charge on any atom is -0.128 e. The van der Waals surface area contributed by atoms with Gasteiger partial charge >= 0.3 is 0 Å². The third-order valence-corrected chi connectivity index (χ3v) is 2.57. The monoisotopic (exact) mass is 192 g/mol. The van der Waals surface area contributed by atoms with E-state index in [2.05, 4.69) is 0 Å². The summed E-state index contributed by atoms with van der Waals surface area (Å²) in [6, 6.07) is 5.44. The third-order valence-electron chi connectivity index (χ3n) is 1.11. The zero-order valence-electron chi connectivity index (χ0n) is 5.40. The quantitative estimate of drug-likeness (QED) is 0.612. The smallest absolute Gasteiger partial charge is 0.0542 e. The summed E-state index contributed by atoms with van der Waals surface area (Å²) >= 11 is 13.1. The van der Waals surface area contributed by atoms with Crippen molar-refractivity contribution in [2.45, 2.75) is 4.90 Å². The molecule has 0 heterocycles. The first-order valence-corrected chi connectivity index (χ1v) is 4.71. The van der Waals surface area contributed by atoms with Crippen molar-refractivity contribution in [1.29, 1.82) is 0 Å². The molecule has 0 aromatic heterocycles. The molecular formula is C7H6Cl2S. The second-order valence-corrected chi connectivity index (χ2v) is 3.47. The zero-order valence-corrected chi connectivity index (χ0v) is 7.72. The summed E-state index contributed by atoms with van der Waals surface area (Å²) in [5.41, 5.74) is 0. The number of hydrogen-bond donors (Lipinski definition) is 0. The molecule has 0 aliphatic carbocycles. The molecule has 0 N–H and O–H groups in total. The van der Waals surface area contributed by atoms with Crippen LogP contribution in [-0.4, -0.2) is 6.26 Å². The van der Waals surface area contributed by atoms with Crippen LogP contribution in [-0.2, 0) is 0 Å². The van der Waals surface area contributed by atoms with Crippen LogP contribution in [0, 0.1) is 0 Å². The van der Waals surface area contributed by atoms with Gasteiger partial charge in [0.1, 0.15) is 0 Å².